The van der Waals surface area contributed by atoms with Gasteiger partial charge in [-0.1, -0.05) is 43.9 Å². The third kappa shape index (κ3) is 3.06. The molecule has 3 heteroatoms. The Kier molecular flexibility index (Phi) is 5.11. The van der Waals surface area contributed by atoms with Crippen LogP contribution in [0, 0.1) is 29.6 Å². The average Bonchev–Trinajstić information content (AvgIpc) is 3.29. The van der Waals surface area contributed by atoms with Crippen LogP contribution in [-0.2, 0) is 0 Å². The molecule has 6 rings (SSSR count). The molecule has 3 aliphatic heterocycles. The van der Waals surface area contributed by atoms with Crippen molar-refractivity contribution in [1.29, 1.82) is 0 Å². The van der Waals surface area contributed by atoms with E-state index in [0.29, 0.717) is 5.54 Å². The molecule has 5 fully saturated rings. The fourth-order valence-corrected chi connectivity index (χ4v) is 8.88. The minimum absolute atomic E-state index is 0.371. The van der Waals surface area contributed by atoms with Gasteiger partial charge in [-0.2, -0.15) is 0 Å². The van der Waals surface area contributed by atoms with Crippen molar-refractivity contribution in [1.82, 2.24) is 10.2 Å². The van der Waals surface area contributed by atoms with E-state index < -0.39 is 0 Å². The zero-order valence-electron chi connectivity index (χ0n) is 18.9. The molecule has 0 radical (unpaired) electrons. The Labute approximate surface area is 183 Å². The van der Waals surface area contributed by atoms with Crippen LogP contribution in [0.2, 0.25) is 0 Å². The maximum Gasteiger partial charge on any atom is 0.0474 e. The largest absolute Gasteiger partial charge is 0.362 e. The third-order valence-corrected chi connectivity index (χ3v) is 10.0. The Balaban J connectivity index is 1.39. The summed E-state index contributed by atoms with van der Waals surface area (Å²) in [5.41, 5.74) is 1.89. The summed E-state index contributed by atoms with van der Waals surface area (Å²) in [5, 5.41) is 3.69. The number of rotatable bonds is 2. The van der Waals surface area contributed by atoms with Gasteiger partial charge in [-0.15, -0.1) is 0 Å². The molecule has 2 saturated carbocycles. The van der Waals surface area contributed by atoms with Crippen LogP contribution in [0.25, 0.3) is 0 Å². The molecule has 164 valence electrons. The summed E-state index contributed by atoms with van der Waals surface area (Å²) in [6.45, 7) is 5.01. The van der Waals surface area contributed by atoms with Crippen LogP contribution in [0.3, 0.4) is 0 Å². The third-order valence-electron chi connectivity index (χ3n) is 10.0. The predicted molar refractivity (Wildman–Crippen MR) is 125 cm³/mol. The predicted octanol–water partition coefficient (Wildman–Crippen LogP) is 4.78. The van der Waals surface area contributed by atoms with Gasteiger partial charge in [-0.3, -0.25) is 0 Å². The summed E-state index contributed by atoms with van der Waals surface area (Å²) in [4.78, 5) is 5.71. The zero-order valence-corrected chi connectivity index (χ0v) is 18.9. The lowest BCUT2D eigenvalue weighted by Crippen LogP contribution is -2.58. The second kappa shape index (κ2) is 7.81. The van der Waals surface area contributed by atoms with Crippen LogP contribution in [0.5, 0.6) is 0 Å². The summed E-state index contributed by atoms with van der Waals surface area (Å²) in [6, 6.07) is 12.4. The number of hydrogen-bond acceptors (Lipinski definition) is 3. The van der Waals surface area contributed by atoms with E-state index in [0.717, 1.165) is 35.6 Å². The molecule has 6 unspecified atom stereocenters. The minimum atomic E-state index is 0.371. The van der Waals surface area contributed by atoms with Gasteiger partial charge in [0, 0.05) is 36.3 Å². The normalized spacial score (nSPS) is 41.0. The smallest absolute Gasteiger partial charge is 0.0474 e. The highest BCUT2D eigenvalue weighted by Crippen LogP contribution is 2.57. The summed E-state index contributed by atoms with van der Waals surface area (Å²) < 4.78 is 0. The van der Waals surface area contributed by atoms with Gasteiger partial charge < -0.3 is 15.1 Å². The topological polar surface area (TPSA) is 18.5 Å². The van der Waals surface area contributed by atoms with Crippen LogP contribution in [0.4, 0.5) is 5.69 Å². The lowest BCUT2D eigenvalue weighted by atomic mass is 9.64. The van der Waals surface area contributed by atoms with E-state index in [-0.39, 0.29) is 0 Å². The van der Waals surface area contributed by atoms with Gasteiger partial charge in [-0.25, -0.2) is 0 Å². The van der Waals surface area contributed by atoms with E-state index >= 15 is 0 Å². The molecule has 0 amide bonds. The Morgan fingerprint density at radius 1 is 0.867 bits per heavy atom. The Bertz CT molecular complexity index is 727. The summed E-state index contributed by atoms with van der Waals surface area (Å²) in [5.74, 6) is 4.68. The van der Waals surface area contributed by atoms with E-state index in [1.807, 2.05) is 0 Å². The van der Waals surface area contributed by atoms with Gasteiger partial charge >= 0.3 is 0 Å². The summed E-state index contributed by atoms with van der Waals surface area (Å²) in [7, 11) is 2.38. The molecule has 3 saturated heterocycles. The molecule has 30 heavy (non-hydrogen) atoms. The number of likely N-dealkylation sites (tertiary alicyclic amines) is 1. The molecule has 3 heterocycles. The van der Waals surface area contributed by atoms with Gasteiger partial charge in [0.05, 0.1) is 0 Å². The zero-order chi connectivity index (χ0) is 20.1. The lowest BCUT2D eigenvalue weighted by molar-refractivity contribution is 0.106. The molecule has 2 aliphatic carbocycles. The number of para-hydroxylation sites is 1. The second-order valence-corrected chi connectivity index (χ2v) is 11.4. The van der Waals surface area contributed by atoms with Crippen molar-refractivity contribution in [3.05, 3.63) is 30.3 Å². The quantitative estimate of drug-likeness (QED) is 0.761. The molecule has 3 nitrogen and oxygen atoms in total. The SMILES string of the molecule is CN1CC2C(C3CCC4CCCCC4C3)N(c3ccccc3)C3(CCNCC3)C2C1. The highest BCUT2D eigenvalue weighted by Gasteiger charge is 2.62. The number of hydrogen-bond donors (Lipinski definition) is 1. The van der Waals surface area contributed by atoms with Crippen molar-refractivity contribution in [2.24, 2.45) is 29.6 Å². The molecule has 1 spiro atoms. The fraction of sp³-hybridized carbons (Fsp3) is 0.778. The Hall–Kier alpha value is -1.06. The molecular weight excluding hydrogens is 366 g/mol. The monoisotopic (exact) mass is 407 g/mol. The van der Waals surface area contributed by atoms with Crippen molar-refractivity contribution < 1.29 is 0 Å². The first-order chi connectivity index (χ1) is 14.8. The number of anilines is 1. The van der Waals surface area contributed by atoms with Gasteiger partial charge in [0.25, 0.3) is 0 Å². The molecule has 5 aliphatic rings. The van der Waals surface area contributed by atoms with Gasteiger partial charge in [-0.05, 0) is 88.0 Å². The summed E-state index contributed by atoms with van der Waals surface area (Å²) in [6.07, 6.45) is 13.2. The van der Waals surface area contributed by atoms with Gasteiger partial charge in [0.1, 0.15) is 0 Å². The molecule has 1 aromatic rings. The van der Waals surface area contributed by atoms with Crippen LogP contribution in [0.15, 0.2) is 30.3 Å². The maximum atomic E-state index is 3.69. The molecule has 1 N–H and O–H groups in total. The van der Waals surface area contributed by atoms with Crippen LogP contribution >= 0.6 is 0 Å². The first-order valence-corrected chi connectivity index (χ1v) is 13.0. The molecule has 1 aromatic carbocycles. The molecular formula is C27H41N3. The maximum absolute atomic E-state index is 3.69. The van der Waals surface area contributed by atoms with Crippen molar-refractivity contribution in [3.8, 4) is 0 Å². The highest BCUT2D eigenvalue weighted by atomic mass is 15.3. The van der Waals surface area contributed by atoms with Crippen molar-refractivity contribution in [2.45, 2.75) is 69.4 Å². The number of fused-ring (bicyclic) bond motifs is 3. The average molecular weight is 408 g/mol. The van der Waals surface area contributed by atoms with Gasteiger partial charge in [0.15, 0.2) is 0 Å². The van der Waals surface area contributed by atoms with E-state index in [1.165, 1.54) is 89.7 Å². The standard InChI is InChI=1S/C27H41N3/c1-29-18-24-25(19-29)27(13-15-28-16-14-27)30(23-9-3-2-4-10-23)26(24)22-12-11-20-7-5-6-8-21(20)17-22/h2-4,9-10,20-22,24-26,28H,5-8,11-19H2,1H3. The lowest BCUT2D eigenvalue weighted by Gasteiger charge is -2.51. The van der Waals surface area contributed by atoms with Crippen molar-refractivity contribution >= 4 is 5.69 Å². The van der Waals surface area contributed by atoms with E-state index in [9.17, 15) is 0 Å². The number of piperidine rings is 1. The van der Waals surface area contributed by atoms with Crippen molar-refractivity contribution in [2.75, 3.05) is 38.1 Å². The molecule has 0 bridgehead atoms. The number of nitrogens with one attached hydrogen (secondary N) is 1. The van der Waals surface area contributed by atoms with Crippen LogP contribution in [0.1, 0.15) is 57.8 Å². The molecule has 6 atom stereocenters. The van der Waals surface area contributed by atoms with E-state index in [2.05, 4.69) is 52.5 Å². The number of benzene rings is 1. The first-order valence-electron chi connectivity index (χ1n) is 13.0. The fourth-order valence-electron chi connectivity index (χ4n) is 8.88. The van der Waals surface area contributed by atoms with Crippen LogP contribution < -0.4 is 10.2 Å². The Morgan fingerprint density at radius 3 is 2.40 bits per heavy atom. The van der Waals surface area contributed by atoms with E-state index in [4.69, 9.17) is 0 Å². The Morgan fingerprint density at radius 2 is 1.60 bits per heavy atom. The summed E-state index contributed by atoms with van der Waals surface area (Å²) >= 11 is 0. The first kappa shape index (κ1) is 19.6. The number of nitrogens with zero attached hydrogens (tertiary/aromatic N) is 2. The van der Waals surface area contributed by atoms with Crippen molar-refractivity contribution in [3.63, 3.8) is 0 Å². The molecule has 0 aromatic heterocycles. The van der Waals surface area contributed by atoms with E-state index in [1.54, 1.807) is 0 Å². The van der Waals surface area contributed by atoms with Crippen LogP contribution in [-0.4, -0.2) is 49.7 Å². The van der Waals surface area contributed by atoms with Gasteiger partial charge in [0.2, 0.25) is 0 Å². The minimum Gasteiger partial charge on any atom is -0.362 e. The second-order valence-electron chi connectivity index (χ2n) is 11.4. The highest BCUT2D eigenvalue weighted by molar-refractivity contribution is 5.54.